The van der Waals surface area contributed by atoms with Gasteiger partial charge in [-0.3, -0.25) is 14.7 Å². The van der Waals surface area contributed by atoms with Crippen molar-refractivity contribution in [3.63, 3.8) is 0 Å². The Bertz CT molecular complexity index is 668. The van der Waals surface area contributed by atoms with E-state index in [0.717, 1.165) is 56.4 Å². The van der Waals surface area contributed by atoms with Gasteiger partial charge in [0.25, 0.3) is 5.91 Å². The number of morpholine rings is 1. The smallest absolute Gasteiger partial charge is 0.253 e. The number of halogens is 1. The largest absolute Gasteiger partial charge is 0.379 e. The number of benzene rings is 1. The number of hydrogen-bond donors (Lipinski definition) is 2. The predicted molar refractivity (Wildman–Crippen MR) is 129 cm³/mol. The van der Waals surface area contributed by atoms with Crippen LogP contribution in [-0.4, -0.2) is 87.7 Å². The fraction of sp³-hybridized carbons (Fsp3) is 0.619. The van der Waals surface area contributed by atoms with Gasteiger partial charge in [-0.1, -0.05) is 12.1 Å². The van der Waals surface area contributed by atoms with Crippen LogP contribution in [0.5, 0.6) is 0 Å². The molecule has 2 unspecified atom stereocenters. The Kier molecular flexibility index (Phi) is 11.5. The van der Waals surface area contributed by atoms with Crippen LogP contribution in [0.2, 0.25) is 0 Å². The van der Waals surface area contributed by atoms with E-state index in [2.05, 4.69) is 34.4 Å². The minimum atomic E-state index is 0. The van der Waals surface area contributed by atoms with E-state index >= 15 is 0 Å². The van der Waals surface area contributed by atoms with Crippen LogP contribution in [0, 0.1) is 0 Å². The van der Waals surface area contributed by atoms with Gasteiger partial charge in [-0.15, -0.1) is 24.0 Å². The molecule has 0 radical (unpaired) electrons. The van der Waals surface area contributed by atoms with Gasteiger partial charge in [-0.2, -0.15) is 0 Å². The van der Waals surface area contributed by atoms with Gasteiger partial charge in [0.1, 0.15) is 0 Å². The molecule has 2 N–H and O–H groups in total. The lowest BCUT2D eigenvalue weighted by Gasteiger charge is -2.38. The number of nitrogens with one attached hydrogen (secondary N) is 2. The third kappa shape index (κ3) is 8.10. The van der Waals surface area contributed by atoms with Crippen molar-refractivity contribution < 1.29 is 9.53 Å². The second-order valence-corrected chi connectivity index (χ2v) is 7.54. The van der Waals surface area contributed by atoms with Gasteiger partial charge in [0.05, 0.1) is 13.2 Å². The minimum absolute atomic E-state index is 0. The summed E-state index contributed by atoms with van der Waals surface area (Å²) in [5.74, 6) is 0.826. The fourth-order valence-corrected chi connectivity index (χ4v) is 3.42. The maximum atomic E-state index is 12.1. The van der Waals surface area contributed by atoms with Crippen LogP contribution in [0.3, 0.4) is 0 Å². The van der Waals surface area contributed by atoms with Crippen LogP contribution in [0.4, 0.5) is 0 Å². The molecule has 1 fully saturated rings. The number of amides is 1. The zero-order valence-corrected chi connectivity index (χ0v) is 20.6. The Hall–Kier alpha value is -1.39. The topological polar surface area (TPSA) is 69.2 Å². The molecule has 0 saturated carbocycles. The van der Waals surface area contributed by atoms with E-state index in [1.54, 1.807) is 26.0 Å². The van der Waals surface area contributed by atoms with Gasteiger partial charge in [0.15, 0.2) is 5.96 Å². The highest BCUT2D eigenvalue weighted by molar-refractivity contribution is 14.0. The first-order chi connectivity index (χ1) is 13.4. The third-order valence-corrected chi connectivity index (χ3v) is 5.06. The van der Waals surface area contributed by atoms with Gasteiger partial charge >= 0.3 is 0 Å². The molecule has 29 heavy (non-hydrogen) atoms. The van der Waals surface area contributed by atoms with Gasteiger partial charge in [-0.25, -0.2) is 0 Å². The van der Waals surface area contributed by atoms with Crippen molar-refractivity contribution in [1.29, 1.82) is 0 Å². The third-order valence-electron chi connectivity index (χ3n) is 5.06. The Morgan fingerprint density at radius 1 is 1.38 bits per heavy atom. The van der Waals surface area contributed by atoms with E-state index in [-0.39, 0.29) is 29.9 Å². The summed E-state index contributed by atoms with van der Waals surface area (Å²) in [6.07, 6.45) is 0.825. The molecule has 0 bridgehead atoms. The number of nitrogens with zero attached hydrogens (tertiary/aromatic N) is 3. The summed E-state index contributed by atoms with van der Waals surface area (Å²) in [6.45, 7) is 8.59. The standard InChI is InChI=1S/C21H35N5O2.HI/c1-16(26-11-12-28-15-17(26)2)14-24-21(22-3)23-10-9-18-7-6-8-19(13-18)20(27)25(4)5;/h6-8,13,16-17H,9-12,14-15H2,1-5H3,(H2,22,23,24);1H. The highest BCUT2D eigenvalue weighted by Gasteiger charge is 2.23. The average molecular weight is 517 g/mol. The lowest BCUT2D eigenvalue weighted by molar-refractivity contribution is -0.0174. The van der Waals surface area contributed by atoms with E-state index in [1.165, 1.54) is 0 Å². The maximum Gasteiger partial charge on any atom is 0.253 e. The summed E-state index contributed by atoms with van der Waals surface area (Å²) in [6, 6.07) is 8.65. The van der Waals surface area contributed by atoms with E-state index in [1.807, 2.05) is 24.3 Å². The SMILES string of the molecule is CN=C(NCCc1cccc(C(=O)N(C)C)c1)NCC(C)N1CCOCC1C.I. The zero-order valence-electron chi connectivity index (χ0n) is 18.3. The molecule has 1 heterocycles. The number of ether oxygens (including phenoxy) is 1. The maximum absolute atomic E-state index is 12.1. The van der Waals surface area contributed by atoms with Crippen molar-refractivity contribution in [2.45, 2.75) is 32.4 Å². The first kappa shape index (κ1) is 25.6. The molecule has 1 amide bonds. The Morgan fingerprint density at radius 3 is 2.79 bits per heavy atom. The summed E-state index contributed by atoms with van der Waals surface area (Å²) in [7, 11) is 5.32. The average Bonchev–Trinajstić information content (AvgIpc) is 2.70. The van der Waals surface area contributed by atoms with Gasteiger partial charge in [-0.05, 0) is 38.0 Å². The summed E-state index contributed by atoms with van der Waals surface area (Å²) in [5, 5.41) is 6.77. The predicted octanol–water partition coefficient (Wildman–Crippen LogP) is 1.82. The highest BCUT2D eigenvalue weighted by atomic mass is 127. The van der Waals surface area contributed by atoms with E-state index < -0.39 is 0 Å². The molecule has 2 atom stereocenters. The molecule has 0 spiro atoms. The molecule has 1 aromatic rings. The molecular formula is C21H36IN5O2. The van der Waals surface area contributed by atoms with Crippen LogP contribution in [0.1, 0.15) is 29.8 Å². The Balaban J connectivity index is 0.00000420. The molecule has 1 aromatic carbocycles. The monoisotopic (exact) mass is 517 g/mol. The fourth-order valence-electron chi connectivity index (χ4n) is 3.42. The van der Waals surface area contributed by atoms with Crippen molar-refractivity contribution in [1.82, 2.24) is 20.4 Å². The van der Waals surface area contributed by atoms with Crippen LogP contribution >= 0.6 is 24.0 Å². The second kappa shape index (κ2) is 13.0. The molecule has 0 aromatic heterocycles. The van der Waals surface area contributed by atoms with Crippen molar-refractivity contribution in [3.8, 4) is 0 Å². The molecule has 1 aliphatic rings. The van der Waals surface area contributed by atoms with Crippen LogP contribution in [0.25, 0.3) is 0 Å². The second-order valence-electron chi connectivity index (χ2n) is 7.54. The molecule has 8 heteroatoms. The number of guanidine groups is 1. The van der Waals surface area contributed by atoms with E-state index in [0.29, 0.717) is 12.1 Å². The summed E-state index contributed by atoms with van der Waals surface area (Å²) in [4.78, 5) is 20.5. The number of rotatable bonds is 7. The quantitative estimate of drug-likeness (QED) is 0.328. The first-order valence-corrected chi connectivity index (χ1v) is 10.0. The lowest BCUT2D eigenvalue weighted by atomic mass is 10.1. The van der Waals surface area contributed by atoms with Crippen molar-refractivity contribution in [3.05, 3.63) is 35.4 Å². The summed E-state index contributed by atoms with van der Waals surface area (Å²) >= 11 is 0. The lowest BCUT2D eigenvalue weighted by Crippen LogP contribution is -2.53. The first-order valence-electron chi connectivity index (χ1n) is 10.0. The minimum Gasteiger partial charge on any atom is -0.379 e. The van der Waals surface area contributed by atoms with Gasteiger partial charge in [0.2, 0.25) is 0 Å². The number of aliphatic imine (C=N–C) groups is 1. The van der Waals surface area contributed by atoms with E-state index in [4.69, 9.17) is 4.74 Å². The van der Waals surface area contributed by atoms with Gasteiger partial charge < -0.3 is 20.3 Å². The van der Waals surface area contributed by atoms with Crippen LogP contribution in [0.15, 0.2) is 29.3 Å². The molecule has 164 valence electrons. The molecule has 0 aliphatic carbocycles. The number of hydrogen-bond acceptors (Lipinski definition) is 4. The van der Waals surface area contributed by atoms with Crippen molar-refractivity contribution in [2.75, 3.05) is 54.0 Å². The molecular weight excluding hydrogens is 481 g/mol. The van der Waals surface area contributed by atoms with Crippen molar-refractivity contribution in [2.24, 2.45) is 4.99 Å². The Labute approximate surface area is 192 Å². The number of carbonyl (C=O) groups is 1. The molecule has 7 nitrogen and oxygen atoms in total. The van der Waals surface area contributed by atoms with Crippen molar-refractivity contribution >= 4 is 35.8 Å². The van der Waals surface area contributed by atoms with E-state index in [9.17, 15) is 4.79 Å². The Morgan fingerprint density at radius 2 is 2.14 bits per heavy atom. The molecule has 1 saturated heterocycles. The van der Waals surface area contributed by atoms with Gasteiger partial charge in [0, 0.05) is 58.4 Å². The summed E-state index contributed by atoms with van der Waals surface area (Å²) < 4.78 is 5.52. The molecule has 1 aliphatic heterocycles. The summed E-state index contributed by atoms with van der Waals surface area (Å²) in [5.41, 5.74) is 1.85. The van der Waals surface area contributed by atoms with Crippen LogP contribution < -0.4 is 10.6 Å². The number of carbonyl (C=O) groups excluding carboxylic acids is 1. The zero-order chi connectivity index (χ0) is 20.5. The van der Waals surface area contributed by atoms with Crippen LogP contribution in [-0.2, 0) is 11.2 Å². The normalized spacial score (nSPS) is 18.5. The molecule has 2 rings (SSSR count). The highest BCUT2D eigenvalue weighted by Crippen LogP contribution is 2.10.